The molecule has 0 saturated heterocycles. The van der Waals surface area contributed by atoms with E-state index in [0.717, 1.165) is 25.7 Å². The first-order valence-electron chi connectivity index (χ1n) is 8.03. The molecule has 6 nitrogen and oxygen atoms in total. The summed E-state index contributed by atoms with van der Waals surface area (Å²) in [6, 6.07) is 5.37. The van der Waals surface area contributed by atoms with E-state index in [9.17, 15) is 15.4 Å². The zero-order chi connectivity index (χ0) is 17.1. The van der Waals surface area contributed by atoms with Gasteiger partial charge in [-0.1, -0.05) is 25.7 Å². The minimum absolute atomic E-state index is 0.0184. The maximum Gasteiger partial charge on any atom is 0.271 e. The average molecular weight is 389 g/mol. The van der Waals surface area contributed by atoms with Crippen molar-refractivity contribution >= 4 is 38.2 Å². The lowest BCUT2D eigenvalue weighted by Gasteiger charge is -2.20. The van der Waals surface area contributed by atoms with Crippen LogP contribution in [0.3, 0.4) is 0 Å². The number of nitrogens with one attached hydrogen (secondary N) is 1. The van der Waals surface area contributed by atoms with Gasteiger partial charge in [0.15, 0.2) is 0 Å². The van der Waals surface area contributed by atoms with Crippen LogP contribution >= 0.6 is 15.9 Å². The Morgan fingerprint density at radius 1 is 1.29 bits per heavy atom. The van der Waals surface area contributed by atoms with E-state index in [1.807, 2.05) is 0 Å². The van der Waals surface area contributed by atoms with Crippen molar-refractivity contribution in [1.82, 2.24) is 4.98 Å². The molecule has 0 radical (unpaired) electrons. The molecule has 2 aromatic rings. The third-order valence-electron chi connectivity index (χ3n) is 4.44. The average Bonchev–Trinajstić information content (AvgIpc) is 2.84. The van der Waals surface area contributed by atoms with Crippen molar-refractivity contribution in [2.75, 3.05) is 5.32 Å². The van der Waals surface area contributed by atoms with Crippen molar-refractivity contribution in [1.29, 1.82) is 5.26 Å². The summed E-state index contributed by atoms with van der Waals surface area (Å²) in [5, 5.41) is 24.7. The highest BCUT2D eigenvalue weighted by Crippen LogP contribution is 2.35. The standard InChI is InChI=1S/C17H17BrN4O2/c18-15-8-13(22(23)24)7-14-16(11(9-19)10-20-17(14)15)21-12-5-3-1-2-4-6-12/h7-8,10,12H,1-6H2,(H,20,21). The van der Waals surface area contributed by atoms with Crippen LogP contribution in [0, 0.1) is 21.4 Å². The van der Waals surface area contributed by atoms with Crippen LogP contribution in [0.5, 0.6) is 0 Å². The van der Waals surface area contributed by atoms with Crippen LogP contribution in [0.1, 0.15) is 44.1 Å². The van der Waals surface area contributed by atoms with Crippen LogP contribution in [0.2, 0.25) is 0 Å². The monoisotopic (exact) mass is 388 g/mol. The number of aromatic nitrogens is 1. The molecule has 7 heteroatoms. The number of rotatable bonds is 3. The third kappa shape index (κ3) is 3.34. The number of fused-ring (bicyclic) bond motifs is 1. The smallest absolute Gasteiger partial charge is 0.271 e. The van der Waals surface area contributed by atoms with Gasteiger partial charge < -0.3 is 5.32 Å². The molecule has 0 unspecified atom stereocenters. The lowest BCUT2D eigenvalue weighted by Crippen LogP contribution is -2.19. The molecule has 1 saturated carbocycles. The molecule has 1 aliphatic carbocycles. The molecule has 0 bridgehead atoms. The van der Waals surface area contributed by atoms with Crippen LogP contribution in [0.15, 0.2) is 22.8 Å². The summed E-state index contributed by atoms with van der Waals surface area (Å²) in [6.07, 6.45) is 8.40. The number of nitriles is 1. The Morgan fingerprint density at radius 3 is 2.62 bits per heavy atom. The van der Waals surface area contributed by atoms with Gasteiger partial charge in [0.25, 0.3) is 5.69 Å². The summed E-state index contributed by atoms with van der Waals surface area (Å²) >= 11 is 3.36. The van der Waals surface area contributed by atoms with Crippen molar-refractivity contribution in [2.24, 2.45) is 0 Å². The van der Waals surface area contributed by atoms with Crippen molar-refractivity contribution < 1.29 is 4.92 Å². The minimum atomic E-state index is -0.432. The van der Waals surface area contributed by atoms with Gasteiger partial charge in [-0.15, -0.1) is 0 Å². The normalized spacial score (nSPS) is 15.7. The van der Waals surface area contributed by atoms with Crippen LogP contribution in [-0.2, 0) is 0 Å². The fourth-order valence-electron chi connectivity index (χ4n) is 3.22. The molecule has 1 heterocycles. The first-order valence-corrected chi connectivity index (χ1v) is 8.82. The molecule has 3 rings (SSSR count). The number of halogens is 1. The van der Waals surface area contributed by atoms with Gasteiger partial charge in [-0.2, -0.15) is 5.26 Å². The van der Waals surface area contributed by atoms with Crippen LogP contribution in [-0.4, -0.2) is 15.9 Å². The Hall–Kier alpha value is -2.20. The third-order valence-corrected chi connectivity index (χ3v) is 5.05. The van der Waals surface area contributed by atoms with Gasteiger partial charge in [0, 0.05) is 29.8 Å². The molecule has 24 heavy (non-hydrogen) atoms. The number of pyridine rings is 1. The number of benzene rings is 1. The molecular weight excluding hydrogens is 372 g/mol. The first kappa shape index (κ1) is 16.7. The summed E-state index contributed by atoms with van der Waals surface area (Å²) in [7, 11) is 0. The van der Waals surface area contributed by atoms with E-state index in [2.05, 4.69) is 32.3 Å². The number of nitrogens with zero attached hydrogens (tertiary/aromatic N) is 3. The van der Waals surface area contributed by atoms with Gasteiger partial charge in [0.05, 0.1) is 26.2 Å². The molecule has 0 amide bonds. The molecule has 1 fully saturated rings. The molecule has 0 spiro atoms. The summed E-state index contributed by atoms with van der Waals surface area (Å²) in [6.45, 7) is 0. The van der Waals surface area contributed by atoms with Gasteiger partial charge >= 0.3 is 0 Å². The van der Waals surface area contributed by atoms with Crippen molar-refractivity contribution in [3.63, 3.8) is 0 Å². The molecule has 124 valence electrons. The maximum absolute atomic E-state index is 11.2. The van der Waals surface area contributed by atoms with E-state index in [0.29, 0.717) is 26.6 Å². The molecule has 1 aromatic heterocycles. The first-order chi connectivity index (χ1) is 11.6. The molecule has 1 N–H and O–H groups in total. The Balaban J connectivity index is 2.12. The van der Waals surface area contributed by atoms with E-state index in [1.165, 1.54) is 31.2 Å². The largest absolute Gasteiger partial charge is 0.381 e. The lowest BCUT2D eigenvalue weighted by molar-refractivity contribution is -0.384. The lowest BCUT2D eigenvalue weighted by atomic mass is 10.0. The number of hydrogen-bond acceptors (Lipinski definition) is 5. The topological polar surface area (TPSA) is 91.8 Å². The Labute approximate surface area is 148 Å². The zero-order valence-electron chi connectivity index (χ0n) is 13.1. The van der Waals surface area contributed by atoms with Crippen molar-refractivity contribution in [2.45, 2.75) is 44.6 Å². The number of anilines is 1. The predicted molar refractivity (Wildman–Crippen MR) is 95.9 cm³/mol. The fraction of sp³-hybridized carbons (Fsp3) is 0.412. The van der Waals surface area contributed by atoms with Crippen LogP contribution in [0.25, 0.3) is 10.9 Å². The van der Waals surface area contributed by atoms with E-state index in [4.69, 9.17) is 0 Å². The van der Waals surface area contributed by atoms with Crippen molar-refractivity contribution in [3.05, 3.63) is 38.5 Å². The van der Waals surface area contributed by atoms with E-state index >= 15 is 0 Å². The fourth-order valence-corrected chi connectivity index (χ4v) is 3.77. The van der Waals surface area contributed by atoms with Gasteiger partial charge in [-0.25, -0.2) is 0 Å². The highest BCUT2D eigenvalue weighted by Gasteiger charge is 2.19. The predicted octanol–water partition coefficient (Wildman–Crippen LogP) is 4.91. The van der Waals surface area contributed by atoms with Crippen molar-refractivity contribution in [3.8, 4) is 6.07 Å². The minimum Gasteiger partial charge on any atom is -0.381 e. The highest BCUT2D eigenvalue weighted by molar-refractivity contribution is 9.10. The second-order valence-corrected chi connectivity index (χ2v) is 6.93. The van der Waals surface area contributed by atoms with E-state index in [1.54, 1.807) is 0 Å². The van der Waals surface area contributed by atoms with E-state index < -0.39 is 4.92 Å². The number of nitro groups is 1. The summed E-state index contributed by atoms with van der Waals surface area (Å²) in [4.78, 5) is 15.0. The Bertz CT molecular complexity index is 823. The molecule has 1 aliphatic rings. The van der Waals surface area contributed by atoms with Crippen LogP contribution in [0.4, 0.5) is 11.4 Å². The Kier molecular flexibility index (Phi) is 4.95. The van der Waals surface area contributed by atoms with E-state index in [-0.39, 0.29) is 11.7 Å². The van der Waals surface area contributed by atoms with Gasteiger partial charge in [-0.3, -0.25) is 15.1 Å². The molecule has 0 aliphatic heterocycles. The van der Waals surface area contributed by atoms with Gasteiger partial charge in [-0.05, 0) is 28.8 Å². The zero-order valence-corrected chi connectivity index (χ0v) is 14.7. The Morgan fingerprint density at radius 2 is 2.00 bits per heavy atom. The highest BCUT2D eigenvalue weighted by atomic mass is 79.9. The molecule has 1 aromatic carbocycles. The maximum atomic E-state index is 11.2. The second kappa shape index (κ2) is 7.14. The summed E-state index contributed by atoms with van der Waals surface area (Å²) in [5.41, 5.74) is 1.67. The SMILES string of the molecule is N#Cc1cnc2c(Br)cc([N+](=O)[O-])cc2c1NC1CCCCCC1. The number of nitro benzene ring substituents is 1. The molecule has 0 atom stereocenters. The molecular formula is C17H17BrN4O2. The number of hydrogen-bond donors (Lipinski definition) is 1. The number of non-ortho nitro benzene ring substituents is 1. The quantitative estimate of drug-likeness (QED) is 0.457. The summed E-state index contributed by atoms with van der Waals surface area (Å²) in [5.74, 6) is 0. The summed E-state index contributed by atoms with van der Waals surface area (Å²) < 4.78 is 0.556. The van der Waals surface area contributed by atoms with Gasteiger partial charge in [0.1, 0.15) is 6.07 Å². The van der Waals surface area contributed by atoms with Gasteiger partial charge in [0.2, 0.25) is 0 Å². The van der Waals surface area contributed by atoms with Crippen LogP contribution < -0.4 is 5.32 Å². The second-order valence-electron chi connectivity index (χ2n) is 6.07.